The Labute approximate surface area is 104 Å². The normalized spacial score (nSPS) is 11.9. The van der Waals surface area contributed by atoms with Crippen LogP contribution in [-0.4, -0.2) is 6.54 Å². The van der Waals surface area contributed by atoms with Gasteiger partial charge in [0.2, 0.25) is 0 Å². The molecule has 0 amide bonds. The Kier molecular flexibility index (Phi) is 6.00. The van der Waals surface area contributed by atoms with Gasteiger partial charge in [-0.25, -0.2) is 0 Å². The standard InChI is InChI=1S/C12H16BrNS/c1-3-5-6-11(14-7-4-2)12-8-10(13)9-15-12/h8-9,11,14H,4,6-7H2,1-2H3. The molecular weight excluding hydrogens is 270 g/mol. The predicted molar refractivity (Wildman–Crippen MR) is 71.1 cm³/mol. The van der Waals surface area contributed by atoms with Gasteiger partial charge >= 0.3 is 0 Å². The molecule has 0 aliphatic carbocycles. The van der Waals surface area contributed by atoms with Crippen LogP contribution in [0.5, 0.6) is 0 Å². The third kappa shape index (κ3) is 4.38. The molecule has 1 heterocycles. The van der Waals surface area contributed by atoms with E-state index in [4.69, 9.17) is 0 Å². The van der Waals surface area contributed by atoms with Gasteiger partial charge in [0, 0.05) is 21.2 Å². The topological polar surface area (TPSA) is 12.0 Å². The van der Waals surface area contributed by atoms with E-state index in [-0.39, 0.29) is 0 Å². The molecule has 1 unspecified atom stereocenters. The highest BCUT2D eigenvalue weighted by atomic mass is 79.9. The summed E-state index contributed by atoms with van der Waals surface area (Å²) in [7, 11) is 0. The summed E-state index contributed by atoms with van der Waals surface area (Å²) >= 11 is 5.26. The maximum absolute atomic E-state index is 3.52. The van der Waals surface area contributed by atoms with Crippen molar-refractivity contribution in [3.8, 4) is 11.8 Å². The highest BCUT2D eigenvalue weighted by Crippen LogP contribution is 2.27. The van der Waals surface area contributed by atoms with Gasteiger partial charge in [-0.2, -0.15) is 0 Å². The molecule has 0 aromatic carbocycles. The van der Waals surface area contributed by atoms with Crippen molar-refractivity contribution in [1.29, 1.82) is 0 Å². The van der Waals surface area contributed by atoms with Crippen molar-refractivity contribution < 1.29 is 0 Å². The van der Waals surface area contributed by atoms with Crippen molar-refractivity contribution in [2.75, 3.05) is 6.54 Å². The van der Waals surface area contributed by atoms with Gasteiger partial charge in [0.05, 0.1) is 6.04 Å². The van der Waals surface area contributed by atoms with Crippen LogP contribution in [0.15, 0.2) is 15.9 Å². The van der Waals surface area contributed by atoms with Crippen LogP contribution in [0.2, 0.25) is 0 Å². The van der Waals surface area contributed by atoms with E-state index in [1.165, 1.54) is 4.88 Å². The minimum absolute atomic E-state index is 0.383. The van der Waals surface area contributed by atoms with E-state index < -0.39 is 0 Å². The van der Waals surface area contributed by atoms with E-state index in [0.29, 0.717) is 6.04 Å². The molecule has 0 bridgehead atoms. The largest absolute Gasteiger partial charge is 0.308 e. The average molecular weight is 286 g/mol. The fourth-order valence-electron chi connectivity index (χ4n) is 1.31. The van der Waals surface area contributed by atoms with Crippen molar-refractivity contribution >= 4 is 27.3 Å². The number of hydrogen-bond acceptors (Lipinski definition) is 2. The van der Waals surface area contributed by atoms with E-state index >= 15 is 0 Å². The highest BCUT2D eigenvalue weighted by molar-refractivity contribution is 9.10. The Morgan fingerprint density at radius 3 is 2.93 bits per heavy atom. The molecule has 1 aromatic rings. The summed E-state index contributed by atoms with van der Waals surface area (Å²) in [5, 5.41) is 5.64. The second-order valence-electron chi connectivity index (χ2n) is 3.30. The molecule has 3 heteroatoms. The van der Waals surface area contributed by atoms with E-state index in [2.05, 4.69) is 51.5 Å². The fraction of sp³-hybridized carbons (Fsp3) is 0.500. The summed E-state index contributed by atoms with van der Waals surface area (Å²) in [6.45, 7) is 5.12. The van der Waals surface area contributed by atoms with Crippen molar-refractivity contribution in [3.63, 3.8) is 0 Å². The second-order valence-corrected chi connectivity index (χ2v) is 5.16. The molecule has 0 fully saturated rings. The lowest BCUT2D eigenvalue weighted by molar-refractivity contribution is 0.550. The molecule has 1 rings (SSSR count). The summed E-state index contributed by atoms with van der Waals surface area (Å²) in [5.41, 5.74) is 0. The lowest BCUT2D eigenvalue weighted by atomic mass is 10.1. The van der Waals surface area contributed by atoms with Gasteiger partial charge in [0.25, 0.3) is 0 Å². The Morgan fingerprint density at radius 2 is 2.40 bits per heavy atom. The van der Waals surface area contributed by atoms with Crippen LogP contribution in [0.3, 0.4) is 0 Å². The molecule has 0 spiro atoms. The van der Waals surface area contributed by atoms with Crippen LogP contribution in [0.4, 0.5) is 0 Å². The highest BCUT2D eigenvalue weighted by Gasteiger charge is 2.11. The number of halogens is 1. The van der Waals surface area contributed by atoms with E-state index in [1.54, 1.807) is 11.3 Å². The van der Waals surface area contributed by atoms with Crippen LogP contribution in [0, 0.1) is 11.8 Å². The monoisotopic (exact) mass is 285 g/mol. The lowest BCUT2D eigenvalue weighted by Gasteiger charge is -2.13. The smallest absolute Gasteiger partial charge is 0.0526 e. The van der Waals surface area contributed by atoms with Crippen LogP contribution < -0.4 is 5.32 Å². The SMILES string of the molecule is CC#CCC(NCCC)c1cc(Br)cs1. The molecule has 1 N–H and O–H groups in total. The first kappa shape index (κ1) is 12.8. The van der Waals surface area contributed by atoms with Gasteiger partial charge in [-0.1, -0.05) is 6.92 Å². The van der Waals surface area contributed by atoms with Crippen molar-refractivity contribution in [2.45, 2.75) is 32.7 Å². The Bertz CT molecular complexity index is 348. The first-order chi connectivity index (χ1) is 7.27. The summed E-state index contributed by atoms with van der Waals surface area (Å²) in [6.07, 6.45) is 2.05. The summed E-state index contributed by atoms with van der Waals surface area (Å²) in [4.78, 5) is 1.36. The van der Waals surface area contributed by atoms with Crippen LogP contribution in [0.1, 0.15) is 37.6 Å². The summed E-state index contributed by atoms with van der Waals surface area (Å²) in [5.74, 6) is 6.10. The third-order valence-corrected chi connectivity index (χ3v) is 3.86. The molecule has 0 radical (unpaired) electrons. The van der Waals surface area contributed by atoms with E-state index in [0.717, 1.165) is 23.9 Å². The molecule has 15 heavy (non-hydrogen) atoms. The third-order valence-electron chi connectivity index (χ3n) is 2.05. The zero-order valence-corrected chi connectivity index (χ0v) is 11.5. The van der Waals surface area contributed by atoms with Gasteiger partial charge in [-0.3, -0.25) is 0 Å². The molecule has 0 saturated heterocycles. The predicted octanol–water partition coefficient (Wildman–Crippen LogP) is 3.96. The second kappa shape index (κ2) is 7.05. The minimum Gasteiger partial charge on any atom is -0.308 e. The zero-order chi connectivity index (χ0) is 11.1. The lowest BCUT2D eigenvalue weighted by Crippen LogP contribution is -2.20. The summed E-state index contributed by atoms with van der Waals surface area (Å²) in [6, 6.07) is 2.56. The Morgan fingerprint density at radius 1 is 1.60 bits per heavy atom. The molecule has 1 nitrogen and oxygen atoms in total. The molecular formula is C12H16BrNS. The number of nitrogens with one attached hydrogen (secondary N) is 1. The molecule has 82 valence electrons. The van der Waals surface area contributed by atoms with Crippen LogP contribution in [-0.2, 0) is 0 Å². The Hall–Kier alpha value is -0.300. The first-order valence-electron chi connectivity index (χ1n) is 5.14. The fourth-order valence-corrected chi connectivity index (χ4v) is 2.83. The van der Waals surface area contributed by atoms with Gasteiger partial charge in [-0.05, 0) is 41.9 Å². The van der Waals surface area contributed by atoms with Gasteiger partial charge in [0.15, 0.2) is 0 Å². The molecule has 1 atom stereocenters. The van der Waals surface area contributed by atoms with E-state index in [1.807, 2.05) is 6.92 Å². The van der Waals surface area contributed by atoms with Gasteiger partial charge in [0.1, 0.15) is 0 Å². The van der Waals surface area contributed by atoms with Crippen molar-refractivity contribution in [3.05, 3.63) is 20.8 Å². The zero-order valence-electron chi connectivity index (χ0n) is 9.14. The van der Waals surface area contributed by atoms with Crippen molar-refractivity contribution in [1.82, 2.24) is 5.32 Å². The molecule has 1 aromatic heterocycles. The molecule has 0 aliphatic rings. The maximum Gasteiger partial charge on any atom is 0.0526 e. The average Bonchev–Trinajstić information content (AvgIpc) is 2.65. The Balaban J connectivity index is 2.65. The number of thiophene rings is 1. The first-order valence-corrected chi connectivity index (χ1v) is 6.82. The number of hydrogen-bond donors (Lipinski definition) is 1. The number of rotatable bonds is 5. The quantitative estimate of drug-likeness (QED) is 0.808. The van der Waals surface area contributed by atoms with Gasteiger partial charge < -0.3 is 5.32 Å². The molecule has 0 aliphatic heterocycles. The molecule has 0 saturated carbocycles. The van der Waals surface area contributed by atoms with Gasteiger partial charge in [-0.15, -0.1) is 23.2 Å². The van der Waals surface area contributed by atoms with E-state index in [9.17, 15) is 0 Å². The maximum atomic E-state index is 3.52. The minimum atomic E-state index is 0.383. The van der Waals surface area contributed by atoms with Crippen LogP contribution >= 0.6 is 27.3 Å². The summed E-state index contributed by atoms with van der Waals surface area (Å²) < 4.78 is 1.16. The van der Waals surface area contributed by atoms with Crippen molar-refractivity contribution in [2.24, 2.45) is 0 Å². The van der Waals surface area contributed by atoms with Crippen LogP contribution in [0.25, 0.3) is 0 Å².